The summed E-state index contributed by atoms with van der Waals surface area (Å²) in [6, 6.07) is 5.91. The van der Waals surface area contributed by atoms with Crippen molar-refractivity contribution in [3.05, 3.63) is 29.8 Å². The van der Waals surface area contributed by atoms with E-state index in [0.717, 1.165) is 6.42 Å². The number of ether oxygens (including phenoxy) is 1. The van der Waals surface area contributed by atoms with E-state index in [0.29, 0.717) is 12.3 Å². The smallest absolute Gasteiger partial charge is 0.335 e. The Labute approximate surface area is 99.4 Å². The first-order valence-electron chi connectivity index (χ1n) is 5.36. The summed E-state index contributed by atoms with van der Waals surface area (Å²) in [4.78, 5) is 21.8. The van der Waals surface area contributed by atoms with Crippen molar-refractivity contribution in [1.29, 1.82) is 0 Å². The van der Waals surface area contributed by atoms with Gasteiger partial charge >= 0.3 is 5.97 Å². The van der Waals surface area contributed by atoms with E-state index in [-0.39, 0.29) is 18.1 Å². The lowest BCUT2D eigenvalue weighted by molar-refractivity contribution is -0.123. The molecule has 1 rings (SSSR count). The van der Waals surface area contributed by atoms with E-state index in [4.69, 9.17) is 9.84 Å². The average Bonchev–Trinajstić information content (AvgIpc) is 2.34. The molecule has 1 amide bonds. The second-order valence-electron chi connectivity index (χ2n) is 3.47. The minimum absolute atomic E-state index is 0.0631. The molecule has 0 saturated carbocycles. The Morgan fingerprint density at radius 2 is 1.94 bits per heavy atom. The van der Waals surface area contributed by atoms with Crippen molar-refractivity contribution >= 4 is 11.9 Å². The van der Waals surface area contributed by atoms with Crippen molar-refractivity contribution < 1.29 is 19.4 Å². The minimum atomic E-state index is -0.989. The van der Waals surface area contributed by atoms with Crippen molar-refractivity contribution in [2.75, 3.05) is 13.2 Å². The molecule has 0 aliphatic heterocycles. The first-order valence-corrected chi connectivity index (χ1v) is 5.36. The maximum Gasteiger partial charge on any atom is 0.335 e. The monoisotopic (exact) mass is 237 g/mol. The van der Waals surface area contributed by atoms with E-state index >= 15 is 0 Å². The summed E-state index contributed by atoms with van der Waals surface area (Å²) in [6.07, 6.45) is 0.874. The molecule has 5 nitrogen and oxygen atoms in total. The molecule has 0 fully saturated rings. The molecule has 0 heterocycles. The fourth-order valence-electron chi connectivity index (χ4n) is 1.16. The van der Waals surface area contributed by atoms with Gasteiger partial charge in [0.25, 0.3) is 5.91 Å². The summed E-state index contributed by atoms with van der Waals surface area (Å²) in [5.41, 5.74) is 0.188. The zero-order valence-corrected chi connectivity index (χ0v) is 9.60. The Kier molecular flexibility index (Phi) is 5.00. The van der Waals surface area contributed by atoms with Gasteiger partial charge in [-0.1, -0.05) is 6.92 Å². The van der Waals surface area contributed by atoms with Gasteiger partial charge in [-0.15, -0.1) is 0 Å². The lowest BCUT2D eigenvalue weighted by Crippen LogP contribution is -2.29. The third-order valence-corrected chi connectivity index (χ3v) is 2.04. The van der Waals surface area contributed by atoms with Gasteiger partial charge in [0.15, 0.2) is 6.61 Å². The number of benzene rings is 1. The number of rotatable bonds is 6. The minimum Gasteiger partial charge on any atom is -0.484 e. The molecular weight excluding hydrogens is 222 g/mol. The van der Waals surface area contributed by atoms with Crippen molar-refractivity contribution in [3.8, 4) is 5.75 Å². The normalized spacial score (nSPS) is 9.71. The second kappa shape index (κ2) is 6.52. The van der Waals surface area contributed by atoms with Gasteiger partial charge in [0, 0.05) is 6.54 Å². The number of carbonyl (C=O) groups is 2. The molecule has 0 atom stereocenters. The standard InChI is InChI=1S/C12H15NO4/c1-2-7-13-11(14)8-17-10-5-3-9(4-6-10)12(15)16/h3-6H,2,7-8H2,1H3,(H,13,14)(H,15,16). The number of aromatic carboxylic acids is 1. The van der Waals surface area contributed by atoms with Crippen LogP contribution < -0.4 is 10.1 Å². The maximum absolute atomic E-state index is 11.2. The fraction of sp³-hybridized carbons (Fsp3) is 0.333. The van der Waals surface area contributed by atoms with Gasteiger partial charge in [-0.3, -0.25) is 4.79 Å². The van der Waals surface area contributed by atoms with Crippen LogP contribution in [0.3, 0.4) is 0 Å². The molecule has 5 heteroatoms. The van der Waals surface area contributed by atoms with Crippen LogP contribution in [0.4, 0.5) is 0 Å². The summed E-state index contributed by atoms with van der Waals surface area (Å²) >= 11 is 0. The lowest BCUT2D eigenvalue weighted by Gasteiger charge is -2.06. The van der Waals surface area contributed by atoms with Gasteiger partial charge in [0.05, 0.1) is 5.56 Å². The predicted octanol–water partition coefficient (Wildman–Crippen LogP) is 1.29. The highest BCUT2D eigenvalue weighted by Gasteiger charge is 2.04. The summed E-state index contributed by atoms with van der Waals surface area (Å²) in [6.45, 7) is 2.53. The fourth-order valence-corrected chi connectivity index (χ4v) is 1.16. The van der Waals surface area contributed by atoms with Crippen molar-refractivity contribution in [2.45, 2.75) is 13.3 Å². The van der Waals surface area contributed by atoms with Gasteiger partial charge in [0.1, 0.15) is 5.75 Å². The van der Waals surface area contributed by atoms with E-state index in [1.807, 2.05) is 6.92 Å². The van der Waals surface area contributed by atoms with E-state index in [1.54, 1.807) is 0 Å². The van der Waals surface area contributed by atoms with E-state index in [2.05, 4.69) is 5.32 Å². The number of carbonyl (C=O) groups excluding carboxylic acids is 1. The first kappa shape index (κ1) is 13.0. The number of carboxylic acid groups (broad SMARTS) is 1. The Morgan fingerprint density at radius 1 is 1.29 bits per heavy atom. The number of hydrogen-bond acceptors (Lipinski definition) is 3. The van der Waals surface area contributed by atoms with Crippen LogP contribution in [0.2, 0.25) is 0 Å². The largest absolute Gasteiger partial charge is 0.484 e. The van der Waals surface area contributed by atoms with Gasteiger partial charge in [-0.05, 0) is 30.7 Å². The summed E-state index contributed by atoms with van der Waals surface area (Å²) < 4.78 is 5.19. The van der Waals surface area contributed by atoms with Crippen LogP contribution in [0.25, 0.3) is 0 Å². The third kappa shape index (κ3) is 4.55. The molecule has 1 aromatic rings. The van der Waals surface area contributed by atoms with Gasteiger partial charge in [-0.2, -0.15) is 0 Å². The third-order valence-electron chi connectivity index (χ3n) is 2.04. The zero-order valence-electron chi connectivity index (χ0n) is 9.60. The molecule has 0 radical (unpaired) electrons. The van der Waals surface area contributed by atoms with Crippen LogP contribution in [0.5, 0.6) is 5.75 Å². The molecule has 0 aliphatic carbocycles. The summed E-state index contributed by atoms with van der Waals surface area (Å²) in [5.74, 6) is -0.701. The van der Waals surface area contributed by atoms with Crippen molar-refractivity contribution in [3.63, 3.8) is 0 Å². The van der Waals surface area contributed by atoms with Gasteiger partial charge in [-0.25, -0.2) is 4.79 Å². The number of hydrogen-bond donors (Lipinski definition) is 2. The average molecular weight is 237 g/mol. The van der Waals surface area contributed by atoms with Gasteiger partial charge in [0.2, 0.25) is 0 Å². The highest BCUT2D eigenvalue weighted by Crippen LogP contribution is 2.11. The Hall–Kier alpha value is -2.04. The van der Waals surface area contributed by atoms with Gasteiger partial charge < -0.3 is 15.2 Å². The number of carboxylic acids is 1. The highest BCUT2D eigenvalue weighted by atomic mass is 16.5. The Morgan fingerprint density at radius 3 is 2.47 bits per heavy atom. The second-order valence-corrected chi connectivity index (χ2v) is 3.47. The topological polar surface area (TPSA) is 75.6 Å². The molecule has 0 bridgehead atoms. The molecule has 0 spiro atoms. The molecule has 0 saturated heterocycles. The Bertz CT molecular complexity index is 386. The number of nitrogens with one attached hydrogen (secondary N) is 1. The van der Waals surface area contributed by atoms with Crippen molar-refractivity contribution in [1.82, 2.24) is 5.32 Å². The quantitative estimate of drug-likeness (QED) is 0.781. The van der Waals surface area contributed by atoms with Crippen molar-refractivity contribution in [2.24, 2.45) is 0 Å². The van der Waals surface area contributed by atoms with Crippen LogP contribution >= 0.6 is 0 Å². The maximum atomic E-state index is 11.2. The van der Waals surface area contributed by atoms with Crippen LogP contribution in [0, 0.1) is 0 Å². The van der Waals surface area contributed by atoms with E-state index < -0.39 is 5.97 Å². The van der Waals surface area contributed by atoms with Crippen LogP contribution in [-0.2, 0) is 4.79 Å². The highest BCUT2D eigenvalue weighted by molar-refractivity contribution is 5.87. The molecule has 17 heavy (non-hydrogen) atoms. The summed E-state index contributed by atoms with van der Waals surface area (Å²) in [7, 11) is 0. The molecule has 92 valence electrons. The zero-order chi connectivity index (χ0) is 12.7. The summed E-state index contributed by atoms with van der Waals surface area (Å²) in [5, 5.41) is 11.4. The molecule has 0 aliphatic rings. The Balaban J connectivity index is 2.42. The molecule has 0 unspecified atom stereocenters. The van der Waals surface area contributed by atoms with E-state index in [9.17, 15) is 9.59 Å². The van der Waals surface area contributed by atoms with E-state index in [1.165, 1.54) is 24.3 Å². The van der Waals surface area contributed by atoms with Crippen LogP contribution in [0.15, 0.2) is 24.3 Å². The predicted molar refractivity (Wildman–Crippen MR) is 62.2 cm³/mol. The molecule has 0 aromatic heterocycles. The molecular formula is C12H15NO4. The van der Waals surface area contributed by atoms with Crippen LogP contribution in [-0.4, -0.2) is 30.1 Å². The molecule has 2 N–H and O–H groups in total. The van der Waals surface area contributed by atoms with Crippen LogP contribution in [0.1, 0.15) is 23.7 Å². The lowest BCUT2D eigenvalue weighted by atomic mass is 10.2. The number of amides is 1. The SMILES string of the molecule is CCCNC(=O)COc1ccc(C(=O)O)cc1. The molecule has 1 aromatic carbocycles. The first-order chi connectivity index (χ1) is 8.13.